The molecule has 4 heteroatoms. The molecule has 3 heterocycles. The lowest BCUT2D eigenvalue weighted by Gasteiger charge is -2.34. The monoisotopic (exact) mass is 273 g/mol. The molecule has 2 atom stereocenters. The second kappa shape index (κ2) is 4.29. The van der Waals surface area contributed by atoms with Gasteiger partial charge in [0.25, 0.3) is 0 Å². The number of fused-ring (bicyclic) bond motifs is 3. The van der Waals surface area contributed by atoms with Gasteiger partial charge in [0.15, 0.2) is 0 Å². The first kappa shape index (κ1) is 12.3. The van der Waals surface area contributed by atoms with Gasteiger partial charge in [-0.3, -0.25) is 4.68 Å². The minimum absolute atomic E-state index is 0.369. The van der Waals surface area contributed by atoms with Crippen LogP contribution in [-0.2, 0) is 13.5 Å². The average Bonchev–Trinajstić information content (AvgIpc) is 2.91. The van der Waals surface area contributed by atoms with E-state index in [0.717, 1.165) is 29.4 Å². The minimum atomic E-state index is -1.09. The standard InChI is InChI=1S/C16H20FN3/c1-20-15-5-3-2-4-13(15)14(19-20)10-16(17)8-11-6-7-12(9-16)18-11/h2-5,11-12,18H,6-10H2,1H3. The van der Waals surface area contributed by atoms with Crippen molar-refractivity contribution in [2.24, 2.45) is 7.05 Å². The number of para-hydroxylation sites is 1. The Kier molecular flexibility index (Phi) is 2.64. The highest BCUT2D eigenvalue weighted by atomic mass is 19.1. The first-order valence-electron chi connectivity index (χ1n) is 7.49. The molecule has 0 saturated carbocycles. The van der Waals surface area contributed by atoms with E-state index in [-0.39, 0.29) is 0 Å². The van der Waals surface area contributed by atoms with Gasteiger partial charge in [-0.05, 0) is 31.7 Å². The maximum Gasteiger partial charge on any atom is 0.119 e. The average molecular weight is 273 g/mol. The van der Waals surface area contributed by atoms with Gasteiger partial charge in [-0.25, -0.2) is 4.39 Å². The highest BCUT2D eigenvalue weighted by Gasteiger charge is 2.44. The fourth-order valence-corrected chi connectivity index (χ4v) is 4.05. The van der Waals surface area contributed by atoms with Gasteiger partial charge in [0, 0.05) is 30.9 Å². The summed E-state index contributed by atoms with van der Waals surface area (Å²) >= 11 is 0. The normalized spacial score (nSPS) is 32.9. The van der Waals surface area contributed by atoms with Crippen LogP contribution in [0.5, 0.6) is 0 Å². The lowest BCUT2D eigenvalue weighted by atomic mass is 9.85. The molecule has 0 radical (unpaired) electrons. The molecule has 106 valence electrons. The van der Waals surface area contributed by atoms with Crippen molar-refractivity contribution in [2.45, 2.75) is 49.9 Å². The summed E-state index contributed by atoms with van der Waals surface area (Å²) in [6.07, 6.45) is 3.96. The molecule has 2 fully saturated rings. The predicted molar refractivity (Wildman–Crippen MR) is 77.4 cm³/mol. The van der Waals surface area contributed by atoms with Crippen molar-refractivity contribution in [1.82, 2.24) is 15.1 Å². The molecule has 0 amide bonds. The van der Waals surface area contributed by atoms with Crippen LogP contribution in [0.4, 0.5) is 4.39 Å². The van der Waals surface area contributed by atoms with E-state index < -0.39 is 5.67 Å². The van der Waals surface area contributed by atoms with E-state index >= 15 is 4.39 Å². The Morgan fingerprint density at radius 3 is 2.75 bits per heavy atom. The molecular weight excluding hydrogens is 253 g/mol. The van der Waals surface area contributed by atoms with Crippen LogP contribution in [0.3, 0.4) is 0 Å². The van der Waals surface area contributed by atoms with Crippen LogP contribution in [0.1, 0.15) is 31.4 Å². The van der Waals surface area contributed by atoms with Crippen molar-refractivity contribution in [3.05, 3.63) is 30.0 Å². The first-order chi connectivity index (χ1) is 9.63. The molecule has 0 spiro atoms. The van der Waals surface area contributed by atoms with Gasteiger partial charge in [-0.1, -0.05) is 18.2 Å². The molecule has 2 bridgehead atoms. The lowest BCUT2D eigenvalue weighted by molar-refractivity contribution is 0.0885. The van der Waals surface area contributed by atoms with Crippen LogP contribution in [0.2, 0.25) is 0 Å². The summed E-state index contributed by atoms with van der Waals surface area (Å²) in [4.78, 5) is 0. The molecule has 2 saturated heterocycles. The molecule has 2 aliphatic rings. The van der Waals surface area contributed by atoms with Crippen LogP contribution in [0, 0.1) is 0 Å². The van der Waals surface area contributed by atoms with Crippen LogP contribution in [0.15, 0.2) is 24.3 Å². The Morgan fingerprint density at radius 2 is 2.00 bits per heavy atom. The van der Waals surface area contributed by atoms with E-state index in [9.17, 15) is 0 Å². The molecule has 1 aromatic carbocycles. The second-order valence-corrected chi connectivity index (χ2v) is 6.46. The third-order valence-electron chi connectivity index (χ3n) is 4.88. The third kappa shape index (κ3) is 1.94. The van der Waals surface area contributed by atoms with Gasteiger partial charge >= 0.3 is 0 Å². The van der Waals surface area contributed by atoms with Gasteiger partial charge in [-0.2, -0.15) is 5.10 Å². The van der Waals surface area contributed by atoms with Crippen LogP contribution >= 0.6 is 0 Å². The molecule has 4 rings (SSSR count). The van der Waals surface area contributed by atoms with E-state index in [1.165, 1.54) is 0 Å². The van der Waals surface area contributed by atoms with E-state index in [0.29, 0.717) is 31.3 Å². The maximum atomic E-state index is 15.2. The van der Waals surface area contributed by atoms with E-state index in [1.54, 1.807) is 0 Å². The number of alkyl halides is 1. The Hall–Kier alpha value is -1.42. The molecule has 0 aliphatic carbocycles. The van der Waals surface area contributed by atoms with E-state index in [1.807, 2.05) is 29.9 Å². The Labute approximate surface area is 118 Å². The van der Waals surface area contributed by atoms with Crippen molar-refractivity contribution in [3.8, 4) is 0 Å². The molecule has 2 aromatic rings. The number of hydrogen-bond acceptors (Lipinski definition) is 2. The Balaban J connectivity index is 1.67. The third-order valence-corrected chi connectivity index (χ3v) is 4.88. The summed E-state index contributed by atoms with van der Waals surface area (Å²) in [5.41, 5.74) is 0.906. The SMILES string of the molecule is Cn1nc(CC2(F)CC3CCC(C2)N3)c2ccccc21. The molecular formula is C16H20FN3. The summed E-state index contributed by atoms with van der Waals surface area (Å²) < 4.78 is 17.1. The number of aryl methyl sites for hydroxylation is 1. The Morgan fingerprint density at radius 1 is 1.30 bits per heavy atom. The van der Waals surface area contributed by atoms with Crippen LogP contribution in [0.25, 0.3) is 10.9 Å². The van der Waals surface area contributed by atoms with Gasteiger partial charge in [0.05, 0.1) is 11.2 Å². The lowest BCUT2D eigenvalue weighted by Crippen LogP contribution is -2.47. The molecule has 2 unspecified atom stereocenters. The number of halogens is 1. The van der Waals surface area contributed by atoms with Crippen molar-refractivity contribution in [1.29, 1.82) is 0 Å². The van der Waals surface area contributed by atoms with Crippen LogP contribution < -0.4 is 5.32 Å². The zero-order valence-electron chi connectivity index (χ0n) is 11.8. The summed E-state index contributed by atoms with van der Waals surface area (Å²) in [5, 5.41) is 9.16. The molecule has 1 aromatic heterocycles. The number of nitrogens with one attached hydrogen (secondary N) is 1. The number of piperidine rings is 1. The van der Waals surface area contributed by atoms with Gasteiger partial charge in [0.2, 0.25) is 0 Å². The zero-order chi connectivity index (χ0) is 13.7. The van der Waals surface area contributed by atoms with Gasteiger partial charge in [-0.15, -0.1) is 0 Å². The fourth-order valence-electron chi connectivity index (χ4n) is 4.05. The van der Waals surface area contributed by atoms with Crippen molar-refractivity contribution < 1.29 is 4.39 Å². The summed E-state index contributed by atoms with van der Waals surface area (Å²) in [7, 11) is 1.93. The number of nitrogens with zero attached hydrogens (tertiary/aromatic N) is 2. The molecule has 3 nitrogen and oxygen atoms in total. The van der Waals surface area contributed by atoms with E-state index in [4.69, 9.17) is 0 Å². The predicted octanol–water partition coefficient (Wildman–Crippen LogP) is 2.74. The quantitative estimate of drug-likeness (QED) is 0.912. The van der Waals surface area contributed by atoms with Gasteiger partial charge in [0.1, 0.15) is 5.67 Å². The maximum absolute atomic E-state index is 15.2. The zero-order valence-corrected chi connectivity index (χ0v) is 11.8. The van der Waals surface area contributed by atoms with Gasteiger partial charge < -0.3 is 5.32 Å². The second-order valence-electron chi connectivity index (χ2n) is 6.46. The molecule has 2 aliphatic heterocycles. The first-order valence-corrected chi connectivity index (χ1v) is 7.49. The Bertz CT molecular complexity index is 636. The summed E-state index contributed by atoms with van der Waals surface area (Å²) in [6, 6.07) is 8.84. The number of aromatic nitrogens is 2. The van der Waals surface area contributed by atoms with Crippen molar-refractivity contribution >= 4 is 10.9 Å². The van der Waals surface area contributed by atoms with E-state index in [2.05, 4.69) is 16.5 Å². The van der Waals surface area contributed by atoms with Crippen molar-refractivity contribution in [2.75, 3.05) is 0 Å². The summed E-state index contributed by atoms with van der Waals surface area (Å²) in [5.74, 6) is 0. The molecule has 1 N–H and O–H groups in total. The topological polar surface area (TPSA) is 29.9 Å². The summed E-state index contributed by atoms with van der Waals surface area (Å²) in [6.45, 7) is 0. The smallest absolute Gasteiger partial charge is 0.119 e. The highest BCUT2D eigenvalue weighted by molar-refractivity contribution is 5.81. The van der Waals surface area contributed by atoms with Crippen LogP contribution in [-0.4, -0.2) is 27.5 Å². The molecule has 20 heavy (non-hydrogen) atoms. The van der Waals surface area contributed by atoms with Crippen molar-refractivity contribution in [3.63, 3.8) is 0 Å². The highest BCUT2D eigenvalue weighted by Crippen LogP contribution is 2.39. The minimum Gasteiger partial charge on any atom is -0.311 e. The largest absolute Gasteiger partial charge is 0.311 e. The number of hydrogen-bond donors (Lipinski definition) is 1. The number of rotatable bonds is 2. The fraction of sp³-hybridized carbons (Fsp3) is 0.562. The number of benzene rings is 1.